The topological polar surface area (TPSA) is 83.9 Å². The van der Waals surface area contributed by atoms with Crippen molar-refractivity contribution in [1.29, 1.82) is 0 Å². The van der Waals surface area contributed by atoms with Crippen LogP contribution in [0.1, 0.15) is 0 Å². The first-order valence-electron chi connectivity index (χ1n) is 6.70. The number of hydrogen-bond donors (Lipinski definition) is 1. The van der Waals surface area contributed by atoms with E-state index in [1.807, 2.05) is 0 Å². The van der Waals surface area contributed by atoms with Crippen LogP contribution in [0.15, 0.2) is 41.3 Å². The van der Waals surface area contributed by atoms with E-state index >= 15 is 0 Å². The summed E-state index contributed by atoms with van der Waals surface area (Å²) in [5.41, 5.74) is -0.0107. The molecule has 0 fully saturated rings. The van der Waals surface area contributed by atoms with Crippen molar-refractivity contribution >= 4 is 56.5 Å². The summed E-state index contributed by atoms with van der Waals surface area (Å²) in [6.45, 7) is -0.834. The zero-order valence-corrected chi connectivity index (χ0v) is 15.8. The van der Waals surface area contributed by atoms with Gasteiger partial charge in [-0.3, -0.25) is 9.10 Å². The molecule has 2 aromatic rings. The van der Waals surface area contributed by atoms with Crippen molar-refractivity contribution in [3.8, 4) is 5.75 Å². The number of carbonyl (C=O) groups is 1. The molecule has 0 radical (unpaired) electrons. The molecule has 1 N–H and O–H groups in total. The maximum atomic E-state index is 13.0. The number of ether oxygens (including phenoxy) is 1. The first kappa shape index (κ1) is 19.7. The van der Waals surface area contributed by atoms with E-state index < -0.39 is 22.5 Å². The van der Waals surface area contributed by atoms with Crippen molar-refractivity contribution in [1.82, 2.24) is 0 Å². The molecule has 0 aromatic heterocycles. The molecule has 0 bridgehead atoms. The smallest absolute Gasteiger partial charge is 0.324 e. The van der Waals surface area contributed by atoms with E-state index in [1.54, 1.807) is 0 Å². The van der Waals surface area contributed by atoms with E-state index in [1.165, 1.54) is 37.4 Å². The Morgan fingerprint density at radius 1 is 1.12 bits per heavy atom. The highest BCUT2D eigenvalue weighted by Gasteiger charge is 2.30. The number of carboxylic acid groups (broad SMARTS) is 1. The molecular formula is C15H12Cl3NO5S. The number of methoxy groups -OCH3 is 1. The Morgan fingerprint density at radius 3 is 2.36 bits per heavy atom. The second-order valence-corrected chi connectivity index (χ2v) is 7.91. The molecule has 134 valence electrons. The largest absolute Gasteiger partial charge is 0.495 e. The number of carboxylic acids is 1. The monoisotopic (exact) mass is 423 g/mol. The average Bonchev–Trinajstić information content (AvgIpc) is 2.54. The standard InChI is InChI=1S/C15H12Cl3NO5S/c1-24-14-5-2-9(16)6-13(14)19(8-15(20)21)25(22,23)10-3-4-11(17)12(18)7-10/h2-7H,8H2,1H3,(H,20,21). The van der Waals surface area contributed by atoms with Crippen LogP contribution in [0.2, 0.25) is 15.1 Å². The van der Waals surface area contributed by atoms with Gasteiger partial charge in [-0.25, -0.2) is 8.42 Å². The zero-order valence-electron chi connectivity index (χ0n) is 12.7. The first-order valence-corrected chi connectivity index (χ1v) is 9.27. The molecule has 6 nitrogen and oxygen atoms in total. The van der Waals surface area contributed by atoms with Crippen molar-refractivity contribution in [3.05, 3.63) is 51.5 Å². The highest BCUT2D eigenvalue weighted by atomic mass is 35.5. The minimum Gasteiger partial charge on any atom is -0.495 e. The second-order valence-electron chi connectivity index (χ2n) is 4.80. The summed E-state index contributed by atoms with van der Waals surface area (Å²) in [5.74, 6) is -1.21. The summed E-state index contributed by atoms with van der Waals surface area (Å²) in [4.78, 5) is 11.0. The molecule has 0 spiro atoms. The summed E-state index contributed by atoms with van der Waals surface area (Å²) in [6.07, 6.45) is 0. The van der Waals surface area contributed by atoms with Crippen LogP contribution in [0, 0.1) is 0 Å². The fourth-order valence-electron chi connectivity index (χ4n) is 2.05. The molecule has 0 saturated carbocycles. The molecule has 2 rings (SSSR count). The molecule has 0 heterocycles. The summed E-state index contributed by atoms with van der Waals surface area (Å²) >= 11 is 17.6. The van der Waals surface area contributed by atoms with E-state index in [0.717, 1.165) is 6.07 Å². The SMILES string of the molecule is COc1ccc(Cl)cc1N(CC(=O)O)S(=O)(=O)c1ccc(Cl)c(Cl)c1. The Balaban J connectivity index is 2.66. The Labute approximate surface area is 159 Å². The number of benzene rings is 2. The van der Waals surface area contributed by atoms with Crippen LogP contribution in [-0.2, 0) is 14.8 Å². The van der Waals surface area contributed by atoms with Crippen LogP contribution in [0.25, 0.3) is 0 Å². The predicted molar refractivity (Wildman–Crippen MR) is 96.6 cm³/mol. The van der Waals surface area contributed by atoms with Gasteiger partial charge >= 0.3 is 5.97 Å². The number of anilines is 1. The fraction of sp³-hybridized carbons (Fsp3) is 0.133. The summed E-state index contributed by atoms with van der Waals surface area (Å²) in [7, 11) is -2.94. The lowest BCUT2D eigenvalue weighted by molar-refractivity contribution is -0.135. The summed E-state index contributed by atoms with van der Waals surface area (Å²) in [6, 6.07) is 7.93. The quantitative estimate of drug-likeness (QED) is 0.759. The third-order valence-corrected chi connectivity index (χ3v) is 5.90. The number of sulfonamides is 1. The van der Waals surface area contributed by atoms with Gasteiger partial charge in [0.25, 0.3) is 10.0 Å². The molecule has 0 aliphatic heterocycles. The van der Waals surface area contributed by atoms with Crippen molar-refractivity contribution in [2.75, 3.05) is 18.0 Å². The Kier molecular flexibility index (Phi) is 6.05. The van der Waals surface area contributed by atoms with Crippen LogP contribution >= 0.6 is 34.8 Å². The Bertz CT molecular complexity index is 917. The van der Waals surface area contributed by atoms with Gasteiger partial charge < -0.3 is 9.84 Å². The van der Waals surface area contributed by atoms with Crippen molar-refractivity contribution in [2.24, 2.45) is 0 Å². The van der Waals surface area contributed by atoms with Gasteiger partial charge in [-0.15, -0.1) is 0 Å². The molecule has 0 unspecified atom stereocenters. The van der Waals surface area contributed by atoms with Gasteiger partial charge in [-0.1, -0.05) is 34.8 Å². The Morgan fingerprint density at radius 2 is 1.80 bits per heavy atom. The van der Waals surface area contributed by atoms with Crippen LogP contribution in [0.3, 0.4) is 0 Å². The maximum Gasteiger partial charge on any atom is 0.324 e. The normalized spacial score (nSPS) is 11.2. The van der Waals surface area contributed by atoms with Crippen LogP contribution in [0.5, 0.6) is 5.75 Å². The number of rotatable bonds is 6. The van der Waals surface area contributed by atoms with Crippen LogP contribution in [0.4, 0.5) is 5.69 Å². The maximum absolute atomic E-state index is 13.0. The number of aliphatic carboxylic acids is 1. The summed E-state index contributed by atoms with van der Waals surface area (Å²) in [5, 5.41) is 9.57. The number of hydrogen-bond acceptors (Lipinski definition) is 4. The predicted octanol–water partition coefficient (Wildman–Crippen LogP) is 3.94. The van der Waals surface area contributed by atoms with E-state index in [9.17, 15) is 13.2 Å². The minimum absolute atomic E-state index is 0.0107. The van der Waals surface area contributed by atoms with Crippen LogP contribution in [-0.4, -0.2) is 33.1 Å². The number of nitrogens with zero attached hydrogens (tertiary/aromatic N) is 1. The first-order chi connectivity index (χ1) is 11.7. The van der Waals surface area contributed by atoms with Gasteiger partial charge in [-0.2, -0.15) is 0 Å². The van der Waals surface area contributed by atoms with Gasteiger partial charge in [0.2, 0.25) is 0 Å². The molecule has 2 aromatic carbocycles. The molecule has 0 saturated heterocycles. The lowest BCUT2D eigenvalue weighted by atomic mass is 10.3. The van der Waals surface area contributed by atoms with Crippen molar-refractivity contribution in [2.45, 2.75) is 4.90 Å². The van der Waals surface area contributed by atoms with Gasteiger partial charge in [0.15, 0.2) is 0 Å². The lowest BCUT2D eigenvalue weighted by Gasteiger charge is -2.24. The molecule has 0 aliphatic rings. The van der Waals surface area contributed by atoms with E-state index in [0.29, 0.717) is 4.31 Å². The van der Waals surface area contributed by atoms with E-state index in [2.05, 4.69) is 0 Å². The lowest BCUT2D eigenvalue weighted by Crippen LogP contribution is -2.36. The molecule has 0 amide bonds. The fourth-order valence-corrected chi connectivity index (χ4v) is 4.02. The summed E-state index contributed by atoms with van der Waals surface area (Å²) < 4.78 is 31.8. The van der Waals surface area contributed by atoms with Crippen molar-refractivity contribution in [3.63, 3.8) is 0 Å². The van der Waals surface area contributed by atoms with E-state index in [-0.39, 0.29) is 31.4 Å². The van der Waals surface area contributed by atoms with E-state index in [4.69, 9.17) is 44.6 Å². The number of halogens is 3. The highest BCUT2D eigenvalue weighted by molar-refractivity contribution is 7.92. The molecular weight excluding hydrogens is 413 g/mol. The van der Waals surface area contributed by atoms with Gasteiger partial charge in [0.05, 0.1) is 27.7 Å². The molecule has 0 atom stereocenters. The molecule has 0 aliphatic carbocycles. The van der Waals surface area contributed by atoms with Gasteiger partial charge in [0, 0.05) is 5.02 Å². The van der Waals surface area contributed by atoms with Crippen LogP contribution < -0.4 is 9.04 Å². The van der Waals surface area contributed by atoms with Gasteiger partial charge in [0.1, 0.15) is 12.3 Å². The average molecular weight is 425 g/mol. The zero-order chi connectivity index (χ0) is 18.8. The second kappa shape index (κ2) is 7.70. The highest BCUT2D eigenvalue weighted by Crippen LogP contribution is 2.35. The molecule has 10 heteroatoms. The Hall–Kier alpha value is -1.67. The third-order valence-electron chi connectivity index (χ3n) is 3.17. The molecule has 25 heavy (non-hydrogen) atoms. The van der Waals surface area contributed by atoms with Crippen molar-refractivity contribution < 1.29 is 23.1 Å². The minimum atomic E-state index is -4.27. The third kappa shape index (κ3) is 4.30. The van der Waals surface area contributed by atoms with Gasteiger partial charge in [-0.05, 0) is 36.4 Å².